The van der Waals surface area contributed by atoms with E-state index in [2.05, 4.69) is 16.4 Å². The van der Waals surface area contributed by atoms with Gasteiger partial charge >= 0.3 is 6.18 Å². The molecule has 1 fully saturated rings. The van der Waals surface area contributed by atoms with Gasteiger partial charge in [0.05, 0.1) is 11.0 Å². The largest absolute Gasteiger partial charge is 0.417 e. The van der Waals surface area contributed by atoms with Crippen molar-refractivity contribution in [3.63, 3.8) is 0 Å². The van der Waals surface area contributed by atoms with Crippen molar-refractivity contribution in [3.05, 3.63) is 41.2 Å². The minimum absolute atomic E-state index is 0.00177. The normalized spacial score (nSPS) is 27.0. The van der Waals surface area contributed by atoms with Crippen LogP contribution < -0.4 is 5.32 Å². The molecule has 2 aliphatic heterocycles. The molecule has 0 unspecified atom stereocenters. The molecule has 0 aromatic carbocycles. The molecule has 8 heteroatoms. The number of hydrogen-bond acceptors (Lipinski definition) is 4. The van der Waals surface area contributed by atoms with E-state index in [1.165, 1.54) is 0 Å². The minimum Gasteiger partial charge on any atom is -0.381 e. The van der Waals surface area contributed by atoms with E-state index in [9.17, 15) is 18.0 Å². The highest BCUT2D eigenvalue weighted by Crippen LogP contribution is 2.42. The first-order valence-electron chi connectivity index (χ1n) is 11.1. The van der Waals surface area contributed by atoms with Crippen LogP contribution in [0, 0.1) is 11.3 Å². The molecule has 1 amide bonds. The molecule has 0 radical (unpaired) electrons. The van der Waals surface area contributed by atoms with Crippen LogP contribution in [0.5, 0.6) is 0 Å². The molecule has 170 valence electrons. The molecule has 0 spiro atoms. The summed E-state index contributed by atoms with van der Waals surface area (Å²) in [4.78, 5) is 19.4. The zero-order chi connectivity index (χ0) is 22.2. The van der Waals surface area contributed by atoms with E-state index in [0.717, 1.165) is 38.3 Å². The molecule has 31 heavy (non-hydrogen) atoms. The molecule has 4 rings (SSSR count). The summed E-state index contributed by atoms with van der Waals surface area (Å²) < 4.78 is 44.8. The number of hydrogen-bond donors (Lipinski definition) is 1. The minimum atomic E-state index is -4.44. The smallest absolute Gasteiger partial charge is 0.381 e. The highest BCUT2D eigenvalue weighted by atomic mass is 19.4. The molecular weight excluding hydrogens is 407 g/mol. The summed E-state index contributed by atoms with van der Waals surface area (Å²) >= 11 is 0. The van der Waals surface area contributed by atoms with Gasteiger partial charge in [-0.25, -0.2) is 0 Å². The Labute approximate surface area is 181 Å². The number of rotatable bonds is 4. The van der Waals surface area contributed by atoms with Crippen molar-refractivity contribution in [2.24, 2.45) is 11.3 Å². The standard InChI is InChI=1S/C23H30F3N3O2/c1-15(2)22(7-3-19(12-22)28-18-5-9-31-10-6-18)21(30)29-8-4-20-16(14-29)11-17(13-27-20)23(24,25)26/h3,7,11,13,15,18-19,28H,4-6,8-10,12,14H2,1-2H3/t19-,22+/m1/s1. The average Bonchev–Trinajstić information content (AvgIpc) is 3.17. The van der Waals surface area contributed by atoms with Crippen LogP contribution in [0.1, 0.15) is 49.9 Å². The fourth-order valence-electron chi connectivity index (χ4n) is 4.95. The lowest BCUT2D eigenvalue weighted by Crippen LogP contribution is -2.49. The van der Waals surface area contributed by atoms with Gasteiger partial charge in [0.2, 0.25) is 5.91 Å². The van der Waals surface area contributed by atoms with Gasteiger partial charge in [-0.3, -0.25) is 9.78 Å². The summed E-state index contributed by atoms with van der Waals surface area (Å²) in [5.74, 6) is 0.0804. The maximum Gasteiger partial charge on any atom is 0.417 e. The lowest BCUT2D eigenvalue weighted by Gasteiger charge is -2.39. The summed E-state index contributed by atoms with van der Waals surface area (Å²) in [6.45, 7) is 6.24. The number of amides is 1. The van der Waals surface area contributed by atoms with E-state index in [1.54, 1.807) is 4.90 Å². The Kier molecular flexibility index (Phi) is 6.14. The lowest BCUT2D eigenvalue weighted by molar-refractivity contribution is -0.143. The van der Waals surface area contributed by atoms with Gasteiger partial charge in [0.15, 0.2) is 0 Å². The number of nitrogens with zero attached hydrogens (tertiary/aromatic N) is 2. The van der Waals surface area contributed by atoms with Gasteiger partial charge in [0, 0.05) is 56.7 Å². The van der Waals surface area contributed by atoms with E-state index >= 15 is 0 Å². The lowest BCUT2D eigenvalue weighted by atomic mass is 9.74. The highest BCUT2D eigenvalue weighted by Gasteiger charge is 2.47. The molecule has 1 saturated heterocycles. The molecule has 1 aromatic heterocycles. The Morgan fingerprint density at radius 3 is 2.74 bits per heavy atom. The van der Waals surface area contributed by atoms with Crippen molar-refractivity contribution in [1.29, 1.82) is 0 Å². The van der Waals surface area contributed by atoms with Crippen LogP contribution in [0.15, 0.2) is 24.4 Å². The first kappa shape index (κ1) is 22.3. The van der Waals surface area contributed by atoms with Crippen LogP contribution in [0.4, 0.5) is 13.2 Å². The monoisotopic (exact) mass is 437 g/mol. The van der Waals surface area contributed by atoms with Gasteiger partial charge in [0.1, 0.15) is 0 Å². The SMILES string of the molecule is CC(C)[C@]1(C(=O)N2CCc3ncc(C(F)(F)F)cc3C2)C=C[C@@H](NC2CCOCC2)C1. The van der Waals surface area contributed by atoms with Gasteiger partial charge in [0.25, 0.3) is 0 Å². The summed E-state index contributed by atoms with van der Waals surface area (Å²) in [5.41, 5.74) is -0.264. The maximum absolute atomic E-state index is 13.7. The van der Waals surface area contributed by atoms with Gasteiger partial charge < -0.3 is 15.0 Å². The van der Waals surface area contributed by atoms with Crippen LogP contribution >= 0.6 is 0 Å². The van der Waals surface area contributed by atoms with E-state index in [0.29, 0.717) is 36.7 Å². The summed E-state index contributed by atoms with van der Waals surface area (Å²) in [6, 6.07) is 1.64. The van der Waals surface area contributed by atoms with Crippen LogP contribution in [-0.4, -0.2) is 47.6 Å². The number of fused-ring (bicyclic) bond motifs is 1. The Bertz CT molecular complexity index is 849. The van der Waals surface area contributed by atoms with Crippen molar-refractivity contribution >= 4 is 5.91 Å². The second-order valence-electron chi connectivity index (χ2n) is 9.22. The third-order valence-corrected chi connectivity index (χ3v) is 6.94. The number of aromatic nitrogens is 1. The van der Waals surface area contributed by atoms with Crippen molar-refractivity contribution in [1.82, 2.24) is 15.2 Å². The molecule has 3 aliphatic rings. The third-order valence-electron chi connectivity index (χ3n) is 6.94. The molecule has 5 nitrogen and oxygen atoms in total. The zero-order valence-corrected chi connectivity index (χ0v) is 18.0. The predicted molar refractivity (Wildman–Crippen MR) is 110 cm³/mol. The van der Waals surface area contributed by atoms with E-state index in [1.807, 2.05) is 19.9 Å². The van der Waals surface area contributed by atoms with Crippen LogP contribution in [0.25, 0.3) is 0 Å². The van der Waals surface area contributed by atoms with Crippen molar-refractivity contribution in [3.8, 4) is 0 Å². The van der Waals surface area contributed by atoms with E-state index < -0.39 is 17.2 Å². The van der Waals surface area contributed by atoms with Crippen molar-refractivity contribution < 1.29 is 22.7 Å². The third kappa shape index (κ3) is 4.51. The molecule has 1 N–H and O–H groups in total. The molecular formula is C23H30F3N3O2. The summed E-state index contributed by atoms with van der Waals surface area (Å²) in [5, 5.41) is 3.65. The average molecular weight is 438 g/mol. The number of pyridine rings is 1. The summed E-state index contributed by atoms with van der Waals surface area (Å²) in [6.07, 6.45) is 3.63. The van der Waals surface area contributed by atoms with Gasteiger partial charge in [-0.1, -0.05) is 26.0 Å². The summed E-state index contributed by atoms with van der Waals surface area (Å²) in [7, 11) is 0. The van der Waals surface area contributed by atoms with Gasteiger partial charge in [-0.2, -0.15) is 13.2 Å². The van der Waals surface area contributed by atoms with Gasteiger partial charge in [-0.15, -0.1) is 0 Å². The Balaban J connectivity index is 1.49. The molecule has 2 atom stereocenters. The first-order chi connectivity index (χ1) is 14.7. The number of nitrogens with one attached hydrogen (secondary N) is 1. The molecule has 3 heterocycles. The quantitative estimate of drug-likeness (QED) is 0.730. The van der Waals surface area contributed by atoms with E-state index in [-0.39, 0.29) is 24.4 Å². The van der Waals surface area contributed by atoms with Crippen LogP contribution in [-0.2, 0) is 28.7 Å². The molecule has 0 bridgehead atoms. The Hall–Kier alpha value is -1.93. The number of carbonyl (C=O) groups excluding carboxylic acids is 1. The fourth-order valence-corrected chi connectivity index (χ4v) is 4.95. The molecule has 0 saturated carbocycles. The fraction of sp³-hybridized carbons (Fsp3) is 0.652. The van der Waals surface area contributed by atoms with Crippen molar-refractivity contribution in [2.75, 3.05) is 19.8 Å². The first-order valence-corrected chi connectivity index (χ1v) is 11.1. The molecule has 1 aliphatic carbocycles. The maximum atomic E-state index is 13.7. The number of ether oxygens (including phenoxy) is 1. The van der Waals surface area contributed by atoms with Crippen LogP contribution in [0.3, 0.4) is 0 Å². The van der Waals surface area contributed by atoms with E-state index in [4.69, 9.17) is 4.74 Å². The predicted octanol–water partition coefficient (Wildman–Crippen LogP) is 3.72. The molecule has 1 aromatic rings. The number of carbonyl (C=O) groups is 1. The second-order valence-corrected chi connectivity index (χ2v) is 9.22. The second kappa shape index (κ2) is 8.54. The van der Waals surface area contributed by atoms with Crippen molar-refractivity contribution in [2.45, 2.75) is 64.3 Å². The Morgan fingerprint density at radius 1 is 1.32 bits per heavy atom. The Morgan fingerprint density at radius 2 is 2.06 bits per heavy atom. The highest BCUT2D eigenvalue weighted by molar-refractivity contribution is 5.86. The topological polar surface area (TPSA) is 54.5 Å². The number of halogens is 3. The zero-order valence-electron chi connectivity index (χ0n) is 18.0. The number of alkyl halides is 3. The van der Waals surface area contributed by atoms with Gasteiger partial charge in [-0.05, 0) is 36.8 Å². The van der Waals surface area contributed by atoms with Crippen LogP contribution in [0.2, 0.25) is 0 Å².